The predicted octanol–water partition coefficient (Wildman–Crippen LogP) is 2.72. The minimum absolute atomic E-state index is 0.128. The van der Waals surface area contributed by atoms with Crippen LogP contribution in [0.5, 0.6) is 0 Å². The highest BCUT2D eigenvalue weighted by molar-refractivity contribution is 9.10. The van der Waals surface area contributed by atoms with Gasteiger partial charge >= 0.3 is 0 Å². The van der Waals surface area contributed by atoms with Crippen LogP contribution in [-0.4, -0.2) is 4.98 Å². The lowest BCUT2D eigenvalue weighted by Crippen LogP contribution is -2.11. The van der Waals surface area contributed by atoms with E-state index in [0.717, 1.165) is 4.47 Å². The van der Waals surface area contributed by atoms with Gasteiger partial charge < -0.3 is 5.73 Å². The minimum atomic E-state index is 0.128. The fourth-order valence-corrected chi connectivity index (χ4v) is 1.21. The van der Waals surface area contributed by atoms with E-state index >= 15 is 0 Å². The molecule has 0 saturated heterocycles. The number of halogens is 1. The van der Waals surface area contributed by atoms with Gasteiger partial charge in [-0.25, -0.2) is 4.98 Å². The molecule has 0 fully saturated rings. The summed E-state index contributed by atoms with van der Waals surface area (Å²) >= 11 is 3.35. The molecule has 0 radical (unpaired) electrons. The zero-order valence-corrected chi connectivity index (χ0v) is 9.14. The monoisotopic (exact) mass is 228 g/mol. The van der Waals surface area contributed by atoms with Crippen molar-refractivity contribution in [3.05, 3.63) is 22.3 Å². The third-order valence-corrected chi connectivity index (χ3v) is 2.37. The molecule has 1 rings (SSSR count). The van der Waals surface area contributed by atoms with Crippen LogP contribution in [0.2, 0.25) is 0 Å². The molecule has 0 aliphatic heterocycles. The van der Waals surface area contributed by atoms with Crippen LogP contribution >= 0.6 is 15.9 Å². The van der Waals surface area contributed by atoms with E-state index < -0.39 is 0 Å². The van der Waals surface area contributed by atoms with Gasteiger partial charge in [-0.1, -0.05) is 20.8 Å². The smallest absolute Gasteiger partial charge is 0.137 e. The molecule has 0 amide bonds. The van der Waals surface area contributed by atoms with Crippen molar-refractivity contribution in [2.24, 2.45) is 0 Å². The molecule has 0 aliphatic carbocycles. The van der Waals surface area contributed by atoms with Crippen LogP contribution in [0.4, 0.5) is 5.82 Å². The number of nitrogen functional groups attached to an aromatic ring is 1. The lowest BCUT2D eigenvalue weighted by atomic mass is 9.88. The highest BCUT2D eigenvalue weighted by Crippen LogP contribution is 2.26. The van der Waals surface area contributed by atoms with E-state index in [1.165, 1.54) is 5.56 Å². The Bertz CT molecular complexity index is 289. The van der Waals surface area contributed by atoms with Crippen LogP contribution in [0.3, 0.4) is 0 Å². The number of pyridine rings is 1. The number of nitrogens with zero attached hydrogens (tertiary/aromatic N) is 1. The van der Waals surface area contributed by atoms with Gasteiger partial charge in [-0.2, -0.15) is 0 Å². The number of rotatable bonds is 0. The molecule has 0 atom stereocenters. The van der Waals surface area contributed by atoms with Crippen LogP contribution in [0.1, 0.15) is 26.3 Å². The second kappa shape index (κ2) is 3.05. The third-order valence-electron chi connectivity index (χ3n) is 1.74. The van der Waals surface area contributed by atoms with Gasteiger partial charge in [0.25, 0.3) is 0 Å². The lowest BCUT2D eigenvalue weighted by molar-refractivity contribution is 0.587. The normalized spacial score (nSPS) is 11.7. The molecule has 2 N–H and O–H groups in total. The molecule has 0 aromatic carbocycles. The molecule has 0 unspecified atom stereocenters. The fourth-order valence-electron chi connectivity index (χ4n) is 0.859. The van der Waals surface area contributed by atoms with E-state index in [9.17, 15) is 0 Å². The molecular weight excluding hydrogens is 216 g/mol. The van der Waals surface area contributed by atoms with Gasteiger partial charge in [0.05, 0.1) is 4.47 Å². The van der Waals surface area contributed by atoms with E-state index in [4.69, 9.17) is 5.73 Å². The molecule has 1 aromatic rings. The topological polar surface area (TPSA) is 38.9 Å². The van der Waals surface area contributed by atoms with Crippen molar-refractivity contribution in [1.29, 1.82) is 0 Å². The number of hydrogen-bond acceptors (Lipinski definition) is 2. The highest BCUT2D eigenvalue weighted by atomic mass is 79.9. The lowest BCUT2D eigenvalue weighted by Gasteiger charge is -2.18. The highest BCUT2D eigenvalue weighted by Gasteiger charge is 2.14. The van der Waals surface area contributed by atoms with E-state index in [2.05, 4.69) is 41.7 Å². The first-order valence-corrected chi connectivity index (χ1v) is 4.62. The van der Waals surface area contributed by atoms with Crippen molar-refractivity contribution in [2.45, 2.75) is 26.2 Å². The van der Waals surface area contributed by atoms with Crippen molar-refractivity contribution in [3.63, 3.8) is 0 Å². The van der Waals surface area contributed by atoms with Crippen LogP contribution in [0, 0.1) is 0 Å². The molecule has 0 spiro atoms. The maximum Gasteiger partial charge on any atom is 0.137 e. The van der Waals surface area contributed by atoms with Gasteiger partial charge in [-0.3, -0.25) is 0 Å². The Hall–Kier alpha value is -0.570. The summed E-state index contributed by atoms with van der Waals surface area (Å²) in [5.41, 5.74) is 6.89. The zero-order valence-electron chi connectivity index (χ0n) is 7.56. The van der Waals surface area contributed by atoms with Gasteiger partial charge in [-0.05, 0) is 33.0 Å². The summed E-state index contributed by atoms with van der Waals surface area (Å²) in [5, 5.41) is 0. The van der Waals surface area contributed by atoms with E-state index in [-0.39, 0.29) is 5.41 Å². The van der Waals surface area contributed by atoms with Crippen molar-refractivity contribution in [3.8, 4) is 0 Å². The summed E-state index contributed by atoms with van der Waals surface area (Å²) in [6.07, 6.45) is 1.82. The molecule has 66 valence electrons. The van der Waals surface area contributed by atoms with Crippen LogP contribution in [0.25, 0.3) is 0 Å². The minimum Gasteiger partial charge on any atom is -0.383 e. The summed E-state index contributed by atoms with van der Waals surface area (Å²) in [5.74, 6) is 0.544. The molecule has 3 heteroatoms. The third kappa shape index (κ3) is 1.97. The van der Waals surface area contributed by atoms with Gasteiger partial charge in [0.1, 0.15) is 5.82 Å². The average Bonchev–Trinajstić information content (AvgIpc) is 1.92. The molecular formula is C9H13BrN2. The van der Waals surface area contributed by atoms with E-state index in [1.54, 1.807) is 0 Å². The van der Waals surface area contributed by atoms with Crippen LogP contribution in [-0.2, 0) is 5.41 Å². The van der Waals surface area contributed by atoms with Crippen molar-refractivity contribution in [1.82, 2.24) is 4.98 Å². The van der Waals surface area contributed by atoms with Gasteiger partial charge in [0.15, 0.2) is 0 Å². The first kappa shape index (κ1) is 9.52. The molecule has 1 aromatic heterocycles. The molecule has 0 saturated carbocycles. The SMILES string of the molecule is CC(C)(C)c1cnc(N)c(Br)c1. The number of hydrogen-bond donors (Lipinski definition) is 1. The van der Waals surface area contributed by atoms with Gasteiger partial charge in [0, 0.05) is 6.20 Å². The first-order valence-electron chi connectivity index (χ1n) is 3.83. The zero-order chi connectivity index (χ0) is 9.35. The second-order valence-corrected chi connectivity index (χ2v) is 4.70. The number of nitrogens with two attached hydrogens (primary N) is 1. The Labute approximate surface area is 81.3 Å². The Morgan fingerprint density at radius 1 is 1.42 bits per heavy atom. The Morgan fingerprint density at radius 3 is 2.42 bits per heavy atom. The van der Waals surface area contributed by atoms with Crippen molar-refractivity contribution >= 4 is 21.7 Å². The standard InChI is InChI=1S/C9H13BrN2/c1-9(2,3)6-4-7(10)8(11)12-5-6/h4-5H,1-3H3,(H2,11,12). The van der Waals surface area contributed by atoms with E-state index in [1.807, 2.05) is 12.3 Å². The summed E-state index contributed by atoms with van der Waals surface area (Å²) in [6, 6.07) is 2.02. The van der Waals surface area contributed by atoms with Crippen molar-refractivity contribution < 1.29 is 0 Å². The van der Waals surface area contributed by atoms with Gasteiger partial charge in [-0.15, -0.1) is 0 Å². The molecule has 0 aliphatic rings. The Balaban J connectivity index is 3.14. The summed E-state index contributed by atoms with van der Waals surface area (Å²) in [6.45, 7) is 6.44. The maximum absolute atomic E-state index is 5.57. The van der Waals surface area contributed by atoms with Crippen LogP contribution in [0.15, 0.2) is 16.7 Å². The Kier molecular flexibility index (Phi) is 2.42. The second-order valence-electron chi connectivity index (χ2n) is 3.84. The number of anilines is 1. The first-order chi connectivity index (χ1) is 5.41. The average molecular weight is 229 g/mol. The maximum atomic E-state index is 5.57. The molecule has 1 heterocycles. The Morgan fingerprint density at radius 2 is 2.00 bits per heavy atom. The predicted molar refractivity (Wildman–Crippen MR) is 55.0 cm³/mol. The molecule has 12 heavy (non-hydrogen) atoms. The molecule has 2 nitrogen and oxygen atoms in total. The quantitative estimate of drug-likeness (QED) is 0.742. The molecule has 0 bridgehead atoms. The van der Waals surface area contributed by atoms with Gasteiger partial charge in [0.2, 0.25) is 0 Å². The summed E-state index contributed by atoms with van der Waals surface area (Å²) in [4.78, 5) is 4.08. The number of aromatic nitrogens is 1. The summed E-state index contributed by atoms with van der Waals surface area (Å²) < 4.78 is 0.870. The largest absolute Gasteiger partial charge is 0.383 e. The van der Waals surface area contributed by atoms with E-state index in [0.29, 0.717) is 5.82 Å². The summed E-state index contributed by atoms with van der Waals surface area (Å²) in [7, 11) is 0. The van der Waals surface area contributed by atoms with Crippen molar-refractivity contribution in [2.75, 3.05) is 5.73 Å². The van der Waals surface area contributed by atoms with Crippen LogP contribution < -0.4 is 5.73 Å². The fraction of sp³-hybridized carbons (Fsp3) is 0.444.